The first-order chi connectivity index (χ1) is 5.36. The summed E-state index contributed by atoms with van der Waals surface area (Å²) in [6.07, 6.45) is 2.23. The van der Waals surface area contributed by atoms with Crippen molar-refractivity contribution < 1.29 is 0 Å². The Bertz CT molecular complexity index is 205. The molecule has 0 aliphatic rings. The first kappa shape index (κ1) is 8.08. The molecule has 0 spiro atoms. The standard InChI is InChI=1S/C9H12NO/c1-2-3-8-4-6-9(10-11)7-5-8/h4-7,10H,2-3H2,1H3/q-1. The van der Waals surface area contributed by atoms with Crippen LogP contribution in [0.5, 0.6) is 0 Å². The lowest BCUT2D eigenvalue weighted by Crippen LogP contribution is -1.86. The second kappa shape index (κ2) is 3.98. The van der Waals surface area contributed by atoms with Gasteiger partial charge in [-0.15, -0.1) is 0 Å². The molecule has 11 heavy (non-hydrogen) atoms. The van der Waals surface area contributed by atoms with Gasteiger partial charge >= 0.3 is 0 Å². The van der Waals surface area contributed by atoms with Crippen molar-refractivity contribution in [3.8, 4) is 0 Å². The Morgan fingerprint density at radius 3 is 2.36 bits per heavy atom. The minimum absolute atomic E-state index is 0.629. The van der Waals surface area contributed by atoms with Crippen LogP contribution in [0.4, 0.5) is 5.69 Å². The predicted molar refractivity (Wildman–Crippen MR) is 47.4 cm³/mol. The molecular formula is C9H12NO-. The van der Waals surface area contributed by atoms with Gasteiger partial charge in [0.2, 0.25) is 0 Å². The smallest absolute Gasteiger partial charge is 0.0233 e. The third-order valence-corrected chi connectivity index (χ3v) is 1.61. The Labute approximate surface area is 66.8 Å². The summed E-state index contributed by atoms with van der Waals surface area (Å²) in [6, 6.07) is 7.56. The Morgan fingerprint density at radius 2 is 1.91 bits per heavy atom. The van der Waals surface area contributed by atoms with Gasteiger partial charge in [-0.3, -0.25) is 0 Å². The van der Waals surface area contributed by atoms with Crippen molar-refractivity contribution in [2.75, 3.05) is 5.48 Å². The zero-order valence-electron chi connectivity index (χ0n) is 6.63. The predicted octanol–water partition coefficient (Wildman–Crippen LogP) is 2.55. The molecule has 0 saturated heterocycles. The van der Waals surface area contributed by atoms with E-state index in [-0.39, 0.29) is 0 Å². The van der Waals surface area contributed by atoms with Gasteiger partial charge in [-0.2, -0.15) is 0 Å². The van der Waals surface area contributed by atoms with Crippen LogP contribution in [0, 0.1) is 5.21 Å². The molecule has 0 radical (unpaired) electrons. The van der Waals surface area contributed by atoms with E-state index in [0.29, 0.717) is 5.69 Å². The van der Waals surface area contributed by atoms with E-state index in [1.807, 2.05) is 17.6 Å². The van der Waals surface area contributed by atoms with Crippen LogP contribution in [-0.4, -0.2) is 0 Å². The molecule has 2 heteroatoms. The quantitative estimate of drug-likeness (QED) is 0.672. The second-order valence-electron chi connectivity index (χ2n) is 2.55. The highest BCUT2D eigenvalue weighted by Crippen LogP contribution is 2.09. The van der Waals surface area contributed by atoms with E-state index < -0.39 is 0 Å². The molecule has 0 aromatic heterocycles. The maximum absolute atomic E-state index is 10.2. The zero-order chi connectivity index (χ0) is 8.10. The van der Waals surface area contributed by atoms with Gasteiger partial charge in [0.05, 0.1) is 0 Å². The molecule has 0 unspecified atom stereocenters. The summed E-state index contributed by atoms with van der Waals surface area (Å²) in [4.78, 5) is 0. The molecule has 0 aliphatic heterocycles. The number of benzene rings is 1. The van der Waals surface area contributed by atoms with Crippen LogP contribution in [0.1, 0.15) is 18.9 Å². The molecule has 2 nitrogen and oxygen atoms in total. The molecule has 0 saturated carbocycles. The summed E-state index contributed by atoms with van der Waals surface area (Å²) >= 11 is 0. The fourth-order valence-electron chi connectivity index (χ4n) is 1.03. The molecular weight excluding hydrogens is 138 g/mol. The van der Waals surface area contributed by atoms with Crippen molar-refractivity contribution in [2.45, 2.75) is 19.8 Å². The van der Waals surface area contributed by atoms with Crippen LogP contribution in [0.25, 0.3) is 0 Å². The molecule has 0 bridgehead atoms. The van der Waals surface area contributed by atoms with Crippen molar-refractivity contribution >= 4 is 5.69 Å². The van der Waals surface area contributed by atoms with Gasteiger partial charge < -0.3 is 10.7 Å². The summed E-state index contributed by atoms with van der Waals surface area (Å²) in [7, 11) is 0. The van der Waals surface area contributed by atoms with Crippen LogP contribution in [0.2, 0.25) is 0 Å². The third kappa shape index (κ3) is 2.24. The van der Waals surface area contributed by atoms with E-state index in [9.17, 15) is 5.21 Å². The first-order valence-corrected chi connectivity index (χ1v) is 3.84. The van der Waals surface area contributed by atoms with E-state index in [4.69, 9.17) is 0 Å². The summed E-state index contributed by atoms with van der Waals surface area (Å²) in [5, 5.41) is 10.2. The number of hydrogen-bond acceptors (Lipinski definition) is 2. The number of rotatable bonds is 3. The normalized spacial score (nSPS) is 9.64. The Kier molecular flexibility index (Phi) is 2.93. The van der Waals surface area contributed by atoms with Crippen molar-refractivity contribution in [3.63, 3.8) is 0 Å². The number of nitrogens with one attached hydrogen (secondary N) is 1. The maximum Gasteiger partial charge on any atom is 0.0233 e. The number of hydrogen-bond donors (Lipinski definition) is 1. The molecule has 0 amide bonds. The number of anilines is 1. The second-order valence-corrected chi connectivity index (χ2v) is 2.55. The van der Waals surface area contributed by atoms with Crippen LogP contribution in [0.15, 0.2) is 24.3 Å². The van der Waals surface area contributed by atoms with Crippen molar-refractivity contribution in [1.82, 2.24) is 0 Å². The highest BCUT2D eigenvalue weighted by Gasteiger charge is 1.89. The van der Waals surface area contributed by atoms with E-state index in [1.165, 1.54) is 5.56 Å². The number of aryl methyl sites for hydroxylation is 1. The summed E-state index contributed by atoms with van der Waals surface area (Å²) in [5.41, 5.74) is 3.76. The fourth-order valence-corrected chi connectivity index (χ4v) is 1.03. The molecule has 60 valence electrons. The zero-order valence-corrected chi connectivity index (χ0v) is 6.63. The van der Waals surface area contributed by atoms with E-state index >= 15 is 0 Å². The molecule has 1 N–H and O–H groups in total. The molecule has 1 rings (SSSR count). The summed E-state index contributed by atoms with van der Waals surface area (Å²) < 4.78 is 0. The minimum Gasteiger partial charge on any atom is -0.761 e. The lowest BCUT2D eigenvalue weighted by atomic mass is 10.1. The summed E-state index contributed by atoms with van der Waals surface area (Å²) in [5.74, 6) is 0. The van der Waals surface area contributed by atoms with E-state index in [1.54, 1.807) is 12.1 Å². The minimum atomic E-state index is 0.629. The molecule has 0 atom stereocenters. The lowest BCUT2D eigenvalue weighted by molar-refractivity contribution is 0.922. The van der Waals surface area contributed by atoms with Crippen LogP contribution >= 0.6 is 0 Å². The molecule has 0 fully saturated rings. The van der Waals surface area contributed by atoms with Crippen molar-refractivity contribution in [1.29, 1.82) is 0 Å². The first-order valence-electron chi connectivity index (χ1n) is 3.84. The third-order valence-electron chi connectivity index (χ3n) is 1.61. The maximum atomic E-state index is 10.2. The van der Waals surface area contributed by atoms with Crippen LogP contribution in [0.3, 0.4) is 0 Å². The Balaban J connectivity index is 2.66. The molecule has 1 aromatic rings. The average molecular weight is 150 g/mol. The largest absolute Gasteiger partial charge is 0.761 e. The van der Waals surface area contributed by atoms with Gasteiger partial charge in [0.15, 0.2) is 0 Å². The van der Waals surface area contributed by atoms with Gasteiger partial charge in [-0.1, -0.05) is 25.5 Å². The van der Waals surface area contributed by atoms with Gasteiger partial charge in [-0.05, 0) is 24.1 Å². The molecule has 0 heterocycles. The lowest BCUT2D eigenvalue weighted by Gasteiger charge is -2.08. The van der Waals surface area contributed by atoms with E-state index in [0.717, 1.165) is 12.8 Å². The van der Waals surface area contributed by atoms with Gasteiger partial charge in [0.25, 0.3) is 0 Å². The Morgan fingerprint density at radius 1 is 1.27 bits per heavy atom. The average Bonchev–Trinajstić information content (AvgIpc) is 2.07. The SMILES string of the molecule is CCCc1ccc(N[O-])cc1. The van der Waals surface area contributed by atoms with Gasteiger partial charge in [0.1, 0.15) is 0 Å². The topological polar surface area (TPSA) is 35.1 Å². The fraction of sp³-hybridized carbons (Fsp3) is 0.333. The molecule has 1 aromatic carbocycles. The monoisotopic (exact) mass is 150 g/mol. The summed E-state index contributed by atoms with van der Waals surface area (Å²) in [6.45, 7) is 2.14. The molecule has 0 aliphatic carbocycles. The van der Waals surface area contributed by atoms with Crippen LogP contribution < -0.4 is 5.48 Å². The highest BCUT2D eigenvalue weighted by atomic mass is 16.5. The van der Waals surface area contributed by atoms with Gasteiger partial charge in [-0.25, -0.2) is 0 Å². The van der Waals surface area contributed by atoms with Crippen LogP contribution in [-0.2, 0) is 6.42 Å². The highest BCUT2D eigenvalue weighted by molar-refractivity contribution is 5.44. The van der Waals surface area contributed by atoms with E-state index in [2.05, 4.69) is 6.92 Å². The van der Waals surface area contributed by atoms with Crippen molar-refractivity contribution in [2.24, 2.45) is 0 Å². The van der Waals surface area contributed by atoms with Gasteiger partial charge in [0, 0.05) is 5.69 Å². The Hall–Kier alpha value is -1.02. The van der Waals surface area contributed by atoms with Crippen molar-refractivity contribution in [3.05, 3.63) is 35.0 Å².